The first kappa shape index (κ1) is 21.1. The van der Waals surface area contributed by atoms with E-state index in [1.807, 2.05) is 49.4 Å². The molecule has 0 bridgehead atoms. The summed E-state index contributed by atoms with van der Waals surface area (Å²) in [6.45, 7) is 5.99. The molecular weight excluding hydrogens is 418 g/mol. The van der Waals surface area contributed by atoms with Crippen LogP contribution in [0.1, 0.15) is 23.8 Å². The standard InChI is InChI=1S/C27H25NO5/c1-3-30-23-11-7-8-12-24(23)33-26-18(2)32-27-20(25(26)29)13-14-22-21(27)16-28(17-31-22)15-19-9-5-4-6-10-19/h4-14H,3,15-17H2,1-2H3. The van der Waals surface area contributed by atoms with Gasteiger partial charge in [-0.3, -0.25) is 9.69 Å². The van der Waals surface area contributed by atoms with E-state index in [9.17, 15) is 4.79 Å². The molecule has 4 aromatic rings. The predicted octanol–water partition coefficient (Wildman–Crippen LogP) is 5.64. The fourth-order valence-electron chi connectivity index (χ4n) is 4.08. The molecule has 0 amide bonds. The highest BCUT2D eigenvalue weighted by molar-refractivity contribution is 5.83. The number of hydrogen-bond acceptors (Lipinski definition) is 6. The maximum Gasteiger partial charge on any atom is 0.235 e. The Kier molecular flexibility index (Phi) is 5.75. The van der Waals surface area contributed by atoms with Gasteiger partial charge in [0.15, 0.2) is 11.5 Å². The van der Waals surface area contributed by atoms with Crippen LogP contribution >= 0.6 is 0 Å². The topological polar surface area (TPSA) is 61.1 Å². The van der Waals surface area contributed by atoms with Crippen molar-refractivity contribution >= 4 is 11.0 Å². The second-order valence-electron chi connectivity index (χ2n) is 7.96. The van der Waals surface area contributed by atoms with Crippen LogP contribution in [0.15, 0.2) is 75.9 Å². The van der Waals surface area contributed by atoms with Gasteiger partial charge in [0.2, 0.25) is 11.2 Å². The van der Waals surface area contributed by atoms with E-state index in [4.69, 9.17) is 18.6 Å². The molecule has 3 aromatic carbocycles. The van der Waals surface area contributed by atoms with E-state index in [0.29, 0.717) is 48.1 Å². The van der Waals surface area contributed by atoms with E-state index < -0.39 is 0 Å². The van der Waals surface area contributed by atoms with Crippen LogP contribution in [-0.2, 0) is 13.1 Å². The lowest BCUT2D eigenvalue weighted by Crippen LogP contribution is -2.31. The monoisotopic (exact) mass is 443 g/mol. The van der Waals surface area contributed by atoms with Gasteiger partial charge in [0, 0.05) is 13.1 Å². The highest BCUT2D eigenvalue weighted by atomic mass is 16.5. The number of fused-ring (bicyclic) bond motifs is 3. The van der Waals surface area contributed by atoms with Crippen LogP contribution < -0.4 is 19.6 Å². The lowest BCUT2D eigenvalue weighted by molar-refractivity contribution is 0.0889. The summed E-state index contributed by atoms with van der Waals surface area (Å²) < 4.78 is 23.8. The molecule has 1 aliphatic heterocycles. The van der Waals surface area contributed by atoms with Gasteiger partial charge in [0.25, 0.3) is 0 Å². The lowest BCUT2D eigenvalue weighted by atomic mass is 10.1. The fourth-order valence-corrected chi connectivity index (χ4v) is 4.08. The maximum atomic E-state index is 13.4. The third-order valence-electron chi connectivity index (χ3n) is 5.64. The summed E-state index contributed by atoms with van der Waals surface area (Å²) in [5.41, 5.74) is 2.39. The minimum absolute atomic E-state index is 0.160. The highest BCUT2D eigenvalue weighted by Gasteiger charge is 2.24. The van der Waals surface area contributed by atoms with Crippen LogP contribution in [0.25, 0.3) is 11.0 Å². The van der Waals surface area contributed by atoms with E-state index in [1.165, 1.54) is 5.56 Å². The molecule has 168 valence electrons. The zero-order valence-corrected chi connectivity index (χ0v) is 18.7. The summed E-state index contributed by atoms with van der Waals surface area (Å²) in [5.74, 6) is 2.36. The van der Waals surface area contributed by atoms with Gasteiger partial charge in [0.05, 0.1) is 17.6 Å². The van der Waals surface area contributed by atoms with Crippen LogP contribution in [0.2, 0.25) is 0 Å². The largest absolute Gasteiger partial charge is 0.490 e. The molecule has 0 spiro atoms. The van der Waals surface area contributed by atoms with Crippen molar-refractivity contribution in [3.63, 3.8) is 0 Å². The molecule has 0 unspecified atom stereocenters. The number of hydrogen-bond donors (Lipinski definition) is 0. The zero-order valence-electron chi connectivity index (χ0n) is 18.7. The van der Waals surface area contributed by atoms with Crippen molar-refractivity contribution in [2.45, 2.75) is 26.9 Å². The maximum absolute atomic E-state index is 13.4. The van der Waals surface area contributed by atoms with Crippen LogP contribution in [0.5, 0.6) is 23.0 Å². The molecular formula is C27H25NO5. The second-order valence-corrected chi connectivity index (χ2v) is 7.96. The lowest BCUT2D eigenvalue weighted by Gasteiger charge is -2.29. The Hall–Kier alpha value is -3.77. The average molecular weight is 443 g/mol. The molecule has 5 rings (SSSR count). The molecule has 0 radical (unpaired) electrons. The van der Waals surface area contributed by atoms with Crippen molar-refractivity contribution in [3.8, 4) is 23.0 Å². The zero-order chi connectivity index (χ0) is 22.8. The first-order chi connectivity index (χ1) is 16.1. The summed E-state index contributed by atoms with van der Waals surface area (Å²) in [4.78, 5) is 15.6. The van der Waals surface area contributed by atoms with Crippen molar-refractivity contribution in [1.82, 2.24) is 4.90 Å². The van der Waals surface area contributed by atoms with Gasteiger partial charge in [0.1, 0.15) is 23.8 Å². The molecule has 0 N–H and O–H groups in total. The molecule has 0 atom stereocenters. The van der Waals surface area contributed by atoms with E-state index in [1.54, 1.807) is 19.1 Å². The highest BCUT2D eigenvalue weighted by Crippen LogP contribution is 2.36. The first-order valence-electron chi connectivity index (χ1n) is 11.0. The van der Waals surface area contributed by atoms with Crippen LogP contribution in [-0.4, -0.2) is 18.2 Å². The third-order valence-corrected chi connectivity index (χ3v) is 5.64. The van der Waals surface area contributed by atoms with E-state index in [-0.39, 0.29) is 11.2 Å². The molecule has 2 heterocycles. The Morgan fingerprint density at radius 2 is 1.73 bits per heavy atom. The summed E-state index contributed by atoms with van der Waals surface area (Å²) in [6.07, 6.45) is 0. The van der Waals surface area contributed by atoms with Gasteiger partial charge < -0.3 is 18.6 Å². The smallest absolute Gasteiger partial charge is 0.235 e. The molecule has 6 nitrogen and oxygen atoms in total. The van der Waals surface area contributed by atoms with Gasteiger partial charge in [-0.1, -0.05) is 42.5 Å². The summed E-state index contributed by atoms with van der Waals surface area (Å²) in [7, 11) is 0. The quantitative estimate of drug-likeness (QED) is 0.384. The van der Waals surface area contributed by atoms with Gasteiger partial charge >= 0.3 is 0 Å². The molecule has 1 aromatic heterocycles. The molecule has 0 fully saturated rings. The second kappa shape index (κ2) is 9.00. The fraction of sp³-hybridized carbons (Fsp3) is 0.222. The van der Waals surface area contributed by atoms with E-state index in [0.717, 1.165) is 17.9 Å². The SMILES string of the molecule is CCOc1ccccc1Oc1c(C)oc2c3c(ccc2c1=O)OCN(Cc1ccccc1)C3. The summed E-state index contributed by atoms with van der Waals surface area (Å²) in [6, 6.07) is 21.1. The molecule has 1 aliphatic rings. The molecule has 33 heavy (non-hydrogen) atoms. The van der Waals surface area contributed by atoms with E-state index in [2.05, 4.69) is 17.0 Å². The Morgan fingerprint density at radius 3 is 2.52 bits per heavy atom. The van der Waals surface area contributed by atoms with Crippen molar-refractivity contribution in [2.24, 2.45) is 0 Å². The van der Waals surface area contributed by atoms with E-state index >= 15 is 0 Å². The molecule has 0 aliphatic carbocycles. The third kappa shape index (κ3) is 4.17. The Balaban J connectivity index is 1.51. The number of para-hydroxylation sites is 2. The number of nitrogens with zero attached hydrogens (tertiary/aromatic N) is 1. The van der Waals surface area contributed by atoms with Crippen LogP contribution in [0, 0.1) is 6.92 Å². The Bertz CT molecular complexity index is 1350. The summed E-state index contributed by atoms with van der Waals surface area (Å²) in [5, 5.41) is 0.466. The number of aryl methyl sites for hydroxylation is 1. The minimum atomic E-state index is -0.219. The van der Waals surface area contributed by atoms with Gasteiger partial charge in [-0.05, 0) is 43.7 Å². The van der Waals surface area contributed by atoms with Crippen molar-refractivity contribution < 1.29 is 18.6 Å². The van der Waals surface area contributed by atoms with Crippen molar-refractivity contribution in [3.05, 3.63) is 93.8 Å². The number of ether oxygens (including phenoxy) is 3. The number of benzene rings is 3. The minimum Gasteiger partial charge on any atom is -0.490 e. The van der Waals surface area contributed by atoms with Crippen molar-refractivity contribution in [1.29, 1.82) is 0 Å². The number of rotatable bonds is 6. The molecule has 6 heteroatoms. The van der Waals surface area contributed by atoms with Gasteiger partial charge in [-0.25, -0.2) is 0 Å². The van der Waals surface area contributed by atoms with Crippen LogP contribution in [0.4, 0.5) is 0 Å². The molecule has 0 saturated carbocycles. The average Bonchev–Trinajstić information content (AvgIpc) is 2.83. The normalized spacial score (nSPS) is 13.4. The summed E-state index contributed by atoms with van der Waals surface area (Å²) >= 11 is 0. The first-order valence-corrected chi connectivity index (χ1v) is 11.0. The molecule has 0 saturated heterocycles. The van der Waals surface area contributed by atoms with Crippen molar-refractivity contribution in [2.75, 3.05) is 13.3 Å². The Morgan fingerprint density at radius 1 is 0.970 bits per heavy atom. The van der Waals surface area contributed by atoms with Gasteiger partial charge in [-0.15, -0.1) is 0 Å². The van der Waals surface area contributed by atoms with Gasteiger partial charge in [-0.2, -0.15) is 0 Å². The predicted molar refractivity (Wildman–Crippen MR) is 126 cm³/mol. The Labute approximate surface area is 191 Å². The van der Waals surface area contributed by atoms with Crippen LogP contribution in [0.3, 0.4) is 0 Å².